The molecule has 0 heterocycles. The molecule has 0 radical (unpaired) electrons. The van der Waals surface area contributed by atoms with Gasteiger partial charge in [0.15, 0.2) is 0 Å². The second kappa shape index (κ2) is 8.02. The van der Waals surface area contributed by atoms with E-state index in [9.17, 15) is 9.18 Å². The Morgan fingerprint density at radius 3 is 2.27 bits per heavy atom. The maximum atomic E-state index is 13.1. The minimum absolute atomic E-state index is 0.165. The molecule has 0 aliphatic heterocycles. The van der Waals surface area contributed by atoms with Crippen molar-refractivity contribution in [3.8, 4) is 11.1 Å². The first-order valence-corrected chi connectivity index (χ1v) is 8.58. The summed E-state index contributed by atoms with van der Waals surface area (Å²) in [6.07, 6.45) is 0. The normalized spacial score (nSPS) is 11.7. The highest BCUT2D eigenvalue weighted by atomic mass is 35.5. The molecule has 0 unspecified atom stereocenters. The van der Waals surface area contributed by atoms with Crippen LogP contribution in [-0.2, 0) is 4.79 Å². The van der Waals surface area contributed by atoms with Crippen LogP contribution in [0.25, 0.3) is 11.1 Å². The number of benzene rings is 3. The lowest BCUT2D eigenvalue weighted by molar-refractivity contribution is -0.116. The number of carbonyl (C=O) groups excluding carboxylic acids is 1. The predicted octanol–water partition coefficient (Wildman–Crippen LogP) is 5.59. The number of nitrogens with one attached hydrogen (secondary N) is 2. The summed E-state index contributed by atoms with van der Waals surface area (Å²) in [6, 6.07) is 21.3. The van der Waals surface area contributed by atoms with Gasteiger partial charge in [-0.25, -0.2) is 4.39 Å². The van der Waals surface area contributed by atoms with E-state index in [0.29, 0.717) is 5.69 Å². The van der Waals surface area contributed by atoms with Gasteiger partial charge in [0.1, 0.15) is 11.9 Å². The number of halogens is 2. The quantitative estimate of drug-likeness (QED) is 0.616. The van der Waals surface area contributed by atoms with Gasteiger partial charge in [-0.2, -0.15) is 0 Å². The summed E-state index contributed by atoms with van der Waals surface area (Å²) in [5.41, 5.74) is 3.45. The summed E-state index contributed by atoms with van der Waals surface area (Å²) >= 11 is 5.94. The molecule has 3 aromatic rings. The lowest BCUT2D eigenvalue weighted by atomic mass is 10.1. The molecule has 26 heavy (non-hydrogen) atoms. The molecule has 2 N–H and O–H groups in total. The number of hydrogen-bond donors (Lipinski definition) is 2. The molecule has 3 aromatic carbocycles. The van der Waals surface area contributed by atoms with Crippen molar-refractivity contribution in [2.75, 3.05) is 10.6 Å². The smallest absolute Gasteiger partial charge is 0.246 e. The topological polar surface area (TPSA) is 41.1 Å². The standard InChI is InChI=1S/C21H18ClFN2O/c1-14(21(26)25-20-12-9-17(23)13-19(20)22)24-18-10-7-16(8-11-18)15-5-3-2-4-6-15/h2-14,24H,1H3,(H,25,26)/t14-/m1/s1. The van der Waals surface area contributed by atoms with Crippen LogP contribution in [-0.4, -0.2) is 11.9 Å². The minimum atomic E-state index is -0.487. The van der Waals surface area contributed by atoms with Crippen LogP contribution in [0.4, 0.5) is 15.8 Å². The van der Waals surface area contributed by atoms with Gasteiger partial charge in [0.2, 0.25) is 5.91 Å². The zero-order chi connectivity index (χ0) is 18.5. The molecule has 0 aliphatic rings. The molecular formula is C21H18ClFN2O. The van der Waals surface area contributed by atoms with Gasteiger partial charge in [0, 0.05) is 5.69 Å². The monoisotopic (exact) mass is 368 g/mol. The van der Waals surface area contributed by atoms with E-state index in [1.165, 1.54) is 12.1 Å². The van der Waals surface area contributed by atoms with Crippen LogP contribution in [0.3, 0.4) is 0 Å². The van der Waals surface area contributed by atoms with Gasteiger partial charge in [-0.1, -0.05) is 54.1 Å². The van der Waals surface area contributed by atoms with Crippen LogP contribution in [0.2, 0.25) is 5.02 Å². The molecule has 1 amide bonds. The highest BCUT2D eigenvalue weighted by molar-refractivity contribution is 6.33. The molecule has 0 aromatic heterocycles. The van der Waals surface area contributed by atoms with Crippen molar-refractivity contribution in [3.05, 3.63) is 83.6 Å². The fourth-order valence-electron chi connectivity index (χ4n) is 2.54. The summed E-state index contributed by atoms with van der Waals surface area (Å²) in [4.78, 5) is 12.3. The third-order valence-electron chi connectivity index (χ3n) is 3.96. The Morgan fingerprint density at radius 2 is 1.62 bits per heavy atom. The van der Waals surface area contributed by atoms with E-state index in [-0.39, 0.29) is 10.9 Å². The maximum absolute atomic E-state index is 13.1. The van der Waals surface area contributed by atoms with Gasteiger partial charge in [-0.3, -0.25) is 4.79 Å². The van der Waals surface area contributed by atoms with Crippen LogP contribution in [0.15, 0.2) is 72.8 Å². The predicted molar refractivity (Wildman–Crippen MR) is 105 cm³/mol. The molecule has 0 bridgehead atoms. The molecule has 0 aliphatic carbocycles. The van der Waals surface area contributed by atoms with E-state index < -0.39 is 11.9 Å². The van der Waals surface area contributed by atoms with Crippen molar-refractivity contribution in [1.82, 2.24) is 0 Å². The average molecular weight is 369 g/mol. The third kappa shape index (κ3) is 4.41. The zero-order valence-electron chi connectivity index (χ0n) is 14.2. The number of hydrogen-bond acceptors (Lipinski definition) is 2. The fourth-order valence-corrected chi connectivity index (χ4v) is 2.75. The van der Waals surface area contributed by atoms with Gasteiger partial charge in [-0.05, 0) is 48.4 Å². The molecule has 5 heteroatoms. The van der Waals surface area contributed by atoms with E-state index in [0.717, 1.165) is 22.9 Å². The molecule has 132 valence electrons. The Kier molecular flexibility index (Phi) is 5.54. The van der Waals surface area contributed by atoms with E-state index in [1.807, 2.05) is 54.6 Å². The molecule has 0 saturated carbocycles. The molecule has 3 nitrogen and oxygen atoms in total. The average Bonchev–Trinajstić information content (AvgIpc) is 2.65. The SMILES string of the molecule is C[C@@H](Nc1ccc(-c2ccccc2)cc1)C(=O)Nc1ccc(F)cc1Cl. The van der Waals surface area contributed by atoms with Crippen LogP contribution in [0.1, 0.15) is 6.92 Å². The van der Waals surface area contributed by atoms with Crippen molar-refractivity contribution in [2.24, 2.45) is 0 Å². The summed E-state index contributed by atoms with van der Waals surface area (Å²) in [5.74, 6) is -0.705. The summed E-state index contributed by atoms with van der Waals surface area (Å²) < 4.78 is 13.1. The molecule has 0 spiro atoms. The zero-order valence-corrected chi connectivity index (χ0v) is 14.9. The molecule has 0 saturated heterocycles. The third-order valence-corrected chi connectivity index (χ3v) is 4.27. The van der Waals surface area contributed by atoms with Crippen molar-refractivity contribution >= 4 is 28.9 Å². The first kappa shape index (κ1) is 18.0. The van der Waals surface area contributed by atoms with Crippen molar-refractivity contribution in [3.63, 3.8) is 0 Å². The van der Waals surface area contributed by atoms with E-state index >= 15 is 0 Å². The molecule has 1 atom stereocenters. The molecule has 0 fully saturated rings. The molecular weight excluding hydrogens is 351 g/mol. The highest BCUT2D eigenvalue weighted by Crippen LogP contribution is 2.23. The second-order valence-electron chi connectivity index (χ2n) is 5.92. The Morgan fingerprint density at radius 1 is 0.962 bits per heavy atom. The van der Waals surface area contributed by atoms with Crippen molar-refractivity contribution in [1.29, 1.82) is 0 Å². The lowest BCUT2D eigenvalue weighted by Gasteiger charge is -2.16. The fraction of sp³-hybridized carbons (Fsp3) is 0.0952. The van der Waals surface area contributed by atoms with Gasteiger partial charge in [-0.15, -0.1) is 0 Å². The Hall–Kier alpha value is -2.85. The Labute approximate surface area is 156 Å². The van der Waals surface area contributed by atoms with Gasteiger partial charge in [0.05, 0.1) is 10.7 Å². The number of amides is 1. The number of rotatable bonds is 5. The Bertz CT molecular complexity index is 898. The maximum Gasteiger partial charge on any atom is 0.246 e. The minimum Gasteiger partial charge on any atom is -0.374 e. The van der Waals surface area contributed by atoms with Crippen molar-refractivity contribution in [2.45, 2.75) is 13.0 Å². The van der Waals surface area contributed by atoms with Gasteiger partial charge < -0.3 is 10.6 Å². The van der Waals surface area contributed by atoms with E-state index in [1.54, 1.807) is 6.92 Å². The van der Waals surface area contributed by atoms with Crippen molar-refractivity contribution < 1.29 is 9.18 Å². The summed E-state index contributed by atoms with van der Waals surface area (Å²) in [5, 5.41) is 6.00. The molecule has 3 rings (SSSR count). The largest absolute Gasteiger partial charge is 0.374 e. The van der Waals surface area contributed by atoms with Crippen LogP contribution in [0, 0.1) is 5.82 Å². The number of carbonyl (C=O) groups is 1. The van der Waals surface area contributed by atoms with E-state index in [2.05, 4.69) is 10.6 Å². The Balaban J connectivity index is 1.63. The van der Waals surface area contributed by atoms with E-state index in [4.69, 9.17) is 11.6 Å². The lowest BCUT2D eigenvalue weighted by Crippen LogP contribution is -2.31. The summed E-state index contributed by atoms with van der Waals surface area (Å²) in [7, 11) is 0. The van der Waals surface area contributed by atoms with Gasteiger partial charge >= 0.3 is 0 Å². The van der Waals surface area contributed by atoms with Crippen LogP contribution >= 0.6 is 11.6 Å². The highest BCUT2D eigenvalue weighted by Gasteiger charge is 2.14. The summed E-state index contributed by atoms with van der Waals surface area (Å²) in [6.45, 7) is 1.75. The van der Waals surface area contributed by atoms with Crippen LogP contribution < -0.4 is 10.6 Å². The second-order valence-corrected chi connectivity index (χ2v) is 6.33. The first-order valence-electron chi connectivity index (χ1n) is 8.21. The first-order chi connectivity index (χ1) is 12.5. The van der Waals surface area contributed by atoms with Gasteiger partial charge in [0.25, 0.3) is 0 Å². The number of anilines is 2. The van der Waals surface area contributed by atoms with Crippen LogP contribution in [0.5, 0.6) is 0 Å².